The van der Waals surface area contributed by atoms with E-state index in [9.17, 15) is 0 Å². The van der Waals surface area contributed by atoms with Crippen LogP contribution in [-0.4, -0.2) is 16.7 Å². The molecule has 1 aromatic heterocycles. The van der Waals surface area contributed by atoms with E-state index in [0.717, 1.165) is 35.4 Å². The second-order valence-electron chi connectivity index (χ2n) is 4.17. The molecular formula is C13H17N3O. The predicted octanol–water partition coefficient (Wildman–Crippen LogP) is 2.24. The van der Waals surface area contributed by atoms with Gasteiger partial charge in [0.2, 0.25) is 0 Å². The minimum absolute atomic E-state index is 0.604. The molecule has 17 heavy (non-hydrogen) atoms. The minimum Gasteiger partial charge on any atom is -0.334 e. The molecule has 90 valence electrons. The highest BCUT2D eigenvalue weighted by Gasteiger charge is 2.12. The summed E-state index contributed by atoms with van der Waals surface area (Å²) in [4.78, 5) is 4.41. The Labute approximate surface area is 101 Å². The van der Waals surface area contributed by atoms with Crippen LogP contribution in [0.15, 0.2) is 22.7 Å². The van der Waals surface area contributed by atoms with Gasteiger partial charge in [0.1, 0.15) is 0 Å². The van der Waals surface area contributed by atoms with Crippen LogP contribution in [0.25, 0.3) is 11.5 Å². The third-order valence-electron chi connectivity index (χ3n) is 2.77. The minimum atomic E-state index is 0.604. The summed E-state index contributed by atoms with van der Waals surface area (Å²) in [6.45, 7) is 4.74. The molecule has 4 nitrogen and oxygen atoms in total. The highest BCUT2D eigenvalue weighted by atomic mass is 16.5. The zero-order valence-electron chi connectivity index (χ0n) is 10.2. The molecule has 0 aliphatic heterocycles. The lowest BCUT2D eigenvalue weighted by Crippen LogP contribution is -2.01. The normalized spacial score (nSPS) is 10.8. The van der Waals surface area contributed by atoms with Gasteiger partial charge in [-0.05, 0) is 37.9 Å². The van der Waals surface area contributed by atoms with Crippen LogP contribution in [0.1, 0.15) is 23.4 Å². The van der Waals surface area contributed by atoms with E-state index in [2.05, 4.69) is 10.1 Å². The number of rotatable bonds is 4. The summed E-state index contributed by atoms with van der Waals surface area (Å²) in [6, 6.07) is 6.12. The number of hydrogen-bond acceptors (Lipinski definition) is 4. The molecule has 0 saturated carbocycles. The molecule has 0 bridgehead atoms. The molecule has 2 rings (SSSR count). The lowest BCUT2D eigenvalue weighted by atomic mass is 10.0. The summed E-state index contributed by atoms with van der Waals surface area (Å²) >= 11 is 0. The largest absolute Gasteiger partial charge is 0.334 e. The van der Waals surface area contributed by atoms with Gasteiger partial charge in [-0.15, -0.1) is 0 Å². The topological polar surface area (TPSA) is 64.9 Å². The SMILES string of the molecule is Cc1cccc(C)c1-c1nc(CCCN)no1. The summed E-state index contributed by atoms with van der Waals surface area (Å²) in [5, 5.41) is 3.97. The second kappa shape index (κ2) is 5.10. The average molecular weight is 231 g/mol. The Kier molecular flexibility index (Phi) is 3.54. The summed E-state index contributed by atoms with van der Waals surface area (Å²) in [5.74, 6) is 1.33. The predicted molar refractivity (Wildman–Crippen MR) is 66.6 cm³/mol. The molecule has 2 N–H and O–H groups in total. The van der Waals surface area contributed by atoms with Crippen LogP contribution >= 0.6 is 0 Å². The maximum atomic E-state index is 5.46. The molecule has 0 saturated heterocycles. The Morgan fingerprint density at radius 3 is 2.59 bits per heavy atom. The molecule has 0 amide bonds. The lowest BCUT2D eigenvalue weighted by molar-refractivity contribution is 0.421. The first kappa shape index (κ1) is 11.8. The van der Waals surface area contributed by atoms with Gasteiger partial charge in [0.15, 0.2) is 5.82 Å². The molecule has 0 aliphatic carbocycles. The van der Waals surface area contributed by atoms with Gasteiger partial charge in [0, 0.05) is 12.0 Å². The molecule has 1 aromatic carbocycles. The Morgan fingerprint density at radius 2 is 1.94 bits per heavy atom. The summed E-state index contributed by atoms with van der Waals surface area (Å²) in [5.41, 5.74) is 8.80. The van der Waals surface area contributed by atoms with Crippen LogP contribution in [0.5, 0.6) is 0 Å². The van der Waals surface area contributed by atoms with Crippen molar-refractivity contribution in [3.63, 3.8) is 0 Å². The number of nitrogens with two attached hydrogens (primary N) is 1. The average Bonchev–Trinajstić information content (AvgIpc) is 2.75. The third-order valence-corrected chi connectivity index (χ3v) is 2.77. The third kappa shape index (κ3) is 2.53. The number of aromatic nitrogens is 2. The van der Waals surface area contributed by atoms with Crippen molar-refractivity contribution in [2.75, 3.05) is 6.54 Å². The molecule has 0 radical (unpaired) electrons. The number of aryl methyl sites for hydroxylation is 3. The quantitative estimate of drug-likeness (QED) is 0.876. The molecule has 0 atom stereocenters. The molecule has 2 aromatic rings. The van der Waals surface area contributed by atoms with Crippen molar-refractivity contribution in [1.82, 2.24) is 10.1 Å². The van der Waals surface area contributed by atoms with Gasteiger partial charge in [-0.25, -0.2) is 0 Å². The fourth-order valence-corrected chi connectivity index (χ4v) is 1.87. The van der Waals surface area contributed by atoms with Crippen molar-refractivity contribution >= 4 is 0 Å². The maximum Gasteiger partial charge on any atom is 0.258 e. The van der Waals surface area contributed by atoms with Crippen molar-refractivity contribution in [3.8, 4) is 11.5 Å². The van der Waals surface area contributed by atoms with Crippen LogP contribution in [-0.2, 0) is 6.42 Å². The molecule has 0 spiro atoms. The molecule has 0 unspecified atom stereocenters. The van der Waals surface area contributed by atoms with Crippen LogP contribution in [0, 0.1) is 13.8 Å². The highest BCUT2D eigenvalue weighted by molar-refractivity contribution is 5.62. The summed E-state index contributed by atoms with van der Waals surface area (Å²) < 4.78 is 5.31. The molecule has 1 heterocycles. The number of benzene rings is 1. The van der Waals surface area contributed by atoms with E-state index in [1.54, 1.807) is 0 Å². The number of nitrogens with zero attached hydrogens (tertiary/aromatic N) is 2. The van der Waals surface area contributed by atoms with Crippen molar-refractivity contribution in [3.05, 3.63) is 35.2 Å². The fourth-order valence-electron chi connectivity index (χ4n) is 1.87. The van der Waals surface area contributed by atoms with Crippen LogP contribution in [0.2, 0.25) is 0 Å². The van der Waals surface area contributed by atoms with Gasteiger partial charge in [-0.2, -0.15) is 4.98 Å². The van der Waals surface area contributed by atoms with Gasteiger partial charge in [0.25, 0.3) is 5.89 Å². The Balaban J connectivity index is 2.30. The van der Waals surface area contributed by atoms with E-state index < -0.39 is 0 Å². The number of hydrogen-bond donors (Lipinski definition) is 1. The zero-order valence-corrected chi connectivity index (χ0v) is 10.2. The molecule has 0 fully saturated rings. The van der Waals surface area contributed by atoms with Crippen molar-refractivity contribution in [2.45, 2.75) is 26.7 Å². The molecule has 0 aliphatic rings. The first-order valence-electron chi connectivity index (χ1n) is 5.81. The van der Waals surface area contributed by atoms with E-state index in [0.29, 0.717) is 12.4 Å². The smallest absolute Gasteiger partial charge is 0.258 e. The van der Waals surface area contributed by atoms with E-state index in [1.807, 2.05) is 32.0 Å². The summed E-state index contributed by atoms with van der Waals surface area (Å²) in [6.07, 6.45) is 1.65. The van der Waals surface area contributed by atoms with Crippen molar-refractivity contribution in [2.24, 2.45) is 5.73 Å². The van der Waals surface area contributed by atoms with Crippen LogP contribution in [0.3, 0.4) is 0 Å². The Bertz CT molecular complexity index is 485. The van der Waals surface area contributed by atoms with Gasteiger partial charge in [-0.1, -0.05) is 23.4 Å². The van der Waals surface area contributed by atoms with E-state index in [1.165, 1.54) is 0 Å². The van der Waals surface area contributed by atoms with Crippen LogP contribution in [0.4, 0.5) is 0 Å². The fraction of sp³-hybridized carbons (Fsp3) is 0.385. The maximum absolute atomic E-state index is 5.46. The first-order valence-corrected chi connectivity index (χ1v) is 5.81. The monoisotopic (exact) mass is 231 g/mol. The molecular weight excluding hydrogens is 214 g/mol. The van der Waals surface area contributed by atoms with Crippen molar-refractivity contribution in [1.29, 1.82) is 0 Å². The van der Waals surface area contributed by atoms with E-state index in [4.69, 9.17) is 10.3 Å². The summed E-state index contributed by atoms with van der Waals surface area (Å²) in [7, 11) is 0. The molecule has 4 heteroatoms. The van der Waals surface area contributed by atoms with E-state index in [-0.39, 0.29) is 0 Å². The zero-order chi connectivity index (χ0) is 12.3. The van der Waals surface area contributed by atoms with Crippen molar-refractivity contribution < 1.29 is 4.52 Å². The van der Waals surface area contributed by atoms with E-state index >= 15 is 0 Å². The standard InChI is InChI=1S/C13H17N3O/c1-9-5-3-6-10(2)12(9)13-15-11(16-17-13)7-4-8-14/h3,5-6H,4,7-8,14H2,1-2H3. The lowest BCUT2D eigenvalue weighted by Gasteiger charge is -2.03. The first-order chi connectivity index (χ1) is 8.22. The Hall–Kier alpha value is -1.68. The van der Waals surface area contributed by atoms with Gasteiger partial charge in [0.05, 0.1) is 0 Å². The van der Waals surface area contributed by atoms with Gasteiger partial charge in [-0.3, -0.25) is 0 Å². The van der Waals surface area contributed by atoms with Crippen LogP contribution < -0.4 is 5.73 Å². The van der Waals surface area contributed by atoms with Gasteiger partial charge >= 0.3 is 0 Å². The second-order valence-corrected chi connectivity index (χ2v) is 4.17. The highest BCUT2D eigenvalue weighted by Crippen LogP contribution is 2.25. The Morgan fingerprint density at radius 1 is 1.24 bits per heavy atom. The van der Waals surface area contributed by atoms with Gasteiger partial charge < -0.3 is 10.3 Å².